The van der Waals surface area contributed by atoms with E-state index in [9.17, 15) is 0 Å². The minimum absolute atomic E-state index is 0.295. The standard InChI is InChI=1S/C24H37ClN4/c1-5-15-28(4)24-23(18(2)26-3)29(17-20-11-13-21(25)14-12-20)22(27-24)16-19-9-7-6-8-10-19/h11-14,19,22,26-27H,2,5-10,15-17H2,1,3-4H3. The van der Waals surface area contributed by atoms with E-state index in [0.717, 1.165) is 36.1 Å². The molecule has 4 nitrogen and oxygen atoms in total. The minimum Gasteiger partial charge on any atom is -0.387 e. The summed E-state index contributed by atoms with van der Waals surface area (Å²) in [4.78, 5) is 4.85. The van der Waals surface area contributed by atoms with Crippen LogP contribution in [0.1, 0.15) is 57.4 Å². The lowest BCUT2D eigenvalue weighted by Gasteiger charge is -2.33. The van der Waals surface area contributed by atoms with Crippen LogP contribution in [0.5, 0.6) is 0 Å². The Kier molecular flexibility index (Phi) is 7.77. The first kappa shape index (κ1) is 21.9. The number of rotatable bonds is 9. The highest BCUT2D eigenvalue weighted by molar-refractivity contribution is 6.30. The molecule has 0 amide bonds. The summed E-state index contributed by atoms with van der Waals surface area (Å²) >= 11 is 6.12. The molecule has 1 aliphatic heterocycles. The lowest BCUT2D eigenvalue weighted by atomic mass is 9.86. The number of nitrogens with zero attached hydrogens (tertiary/aromatic N) is 2. The zero-order valence-electron chi connectivity index (χ0n) is 18.3. The Morgan fingerprint density at radius 1 is 1.24 bits per heavy atom. The molecule has 1 unspecified atom stereocenters. The maximum absolute atomic E-state index is 6.12. The smallest absolute Gasteiger partial charge is 0.129 e. The summed E-state index contributed by atoms with van der Waals surface area (Å²) in [6, 6.07) is 8.23. The van der Waals surface area contributed by atoms with Gasteiger partial charge in [-0.05, 0) is 36.5 Å². The van der Waals surface area contributed by atoms with E-state index in [0.29, 0.717) is 6.17 Å². The van der Waals surface area contributed by atoms with Gasteiger partial charge < -0.3 is 20.4 Å². The molecular weight excluding hydrogens is 380 g/mol. The largest absolute Gasteiger partial charge is 0.387 e. The SMILES string of the molecule is C=C(NC)C1=C(N(C)CCC)NC(CC2CCCCC2)N1Cc1ccc(Cl)cc1. The molecule has 0 spiro atoms. The fourth-order valence-corrected chi connectivity index (χ4v) is 4.80. The Morgan fingerprint density at radius 3 is 2.55 bits per heavy atom. The first-order valence-electron chi connectivity index (χ1n) is 11.1. The van der Waals surface area contributed by atoms with Gasteiger partial charge in [0.2, 0.25) is 0 Å². The number of nitrogens with one attached hydrogen (secondary N) is 2. The highest BCUT2D eigenvalue weighted by Gasteiger charge is 2.35. The predicted octanol–water partition coefficient (Wildman–Crippen LogP) is 5.29. The van der Waals surface area contributed by atoms with Crippen LogP contribution in [-0.4, -0.2) is 36.6 Å². The zero-order valence-corrected chi connectivity index (χ0v) is 19.1. The van der Waals surface area contributed by atoms with Crippen LogP contribution in [0.4, 0.5) is 0 Å². The number of hydrogen-bond donors (Lipinski definition) is 2. The topological polar surface area (TPSA) is 30.5 Å². The van der Waals surface area contributed by atoms with Gasteiger partial charge in [0, 0.05) is 32.2 Å². The summed E-state index contributed by atoms with van der Waals surface area (Å²) in [5.41, 5.74) is 3.43. The summed E-state index contributed by atoms with van der Waals surface area (Å²) in [7, 11) is 4.14. The molecule has 2 N–H and O–H groups in total. The van der Waals surface area contributed by atoms with Gasteiger partial charge in [-0.25, -0.2) is 0 Å². The molecule has 0 saturated heterocycles. The second kappa shape index (κ2) is 10.3. The van der Waals surface area contributed by atoms with Gasteiger partial charge in [0.15, 0.2) is 0 Å². The van der Waals surface area contributed by atoms with Crippen LogP contribution in [-0.2, 0) is 6.54 Å². The van der Waals surface area contributed by atoms with Crippen molar-refractivity contribution in [1.82, 2.24) is 20.4 Å². The molecule has 3 rings (SSSR count). The van der Waals surface area contributed by atoms with Gasteiger partial charge in [-0.3, -0.25) is 0 Å². The summed E-state index contributed by atoms with van der Waals surface area (Å²) in [6.45, 7) is 8.43. The number of halogens is 1. The van der Waals surface area contributed by atoms with E-state index in [4.69, 9.17) is 11.6 Å². The van der Waals surface area contributed by atoms with Crippen LogP contribution in [0, 0.1) is 5.92 Å². The maximum atomic E-state index is 6.12. The van der Waals surface area contributed by atoms with Gasteiger partial charge in [0.05, 0.1) is 5.70 Å². The van der Waals surface area contributed by atoms with E-state index >= 15 is 0 Å². The van der Waals surface area contributed by atoms with Crippen molar-refractivity contribution < 1.29 is 0 Å². The van der Waals surface area contributed by atoms with Gasteiger partial charge in [0.1, 0.15) is 17.7 Å². The van der Waals surface area contributed by atoms with Crippen LogP contribution in [0.25, 0.3) is 0 Å². The molecule has 0 radical (unpaired) electrons. The van der Waals surface area contributed by atoms with Crippen molar-refractivity contribution in [2.45, 2.75) is 64.6 Å². The Bertz CT molecular complexity index is 706. The molecular formula is C24H37ClN4. The highest BCUT2D eigenvalue weighted by atomic mass is 35.5. The van der Waals surface area contributed by atoms with E-state index in [2.05, 4.69) is 53.1 Å². The summed E-state index contributed by atoms with van der Waals surface area (Å²) in [6.07, 6.45) is 9.45. The molecule has 1 aromatic carbocycles. The second-order valence-electron chi connectivity index (χ2n) is 8.50. The fraction of sp³-hybridized carbons (Fsp3) is 0.583. The van der Waals surface area contributed by atoms with Crippen molar-refractivity contribution in [1.29, 1.82) is 0 Å². The van der Waals surface area contributed by atoms with Crippen molar-refractivity contribution in [3.8, 4) is 0 Å². The van der Waals surface area contributed by atoms with E-state index in [-0.39, 0.29) is 0 Å². The first-order valence-corrected chi connectivity index (χ1v) is 11.5. The van der Waals surface area contributed by atoms with Crippen molar-refractivity contribution in [3.05, 3.63) is 58.6 Å². The molecule has 1 heterocycles. The Labute approximate surface area is 182 Å². The second-order valence-corrected chi connectivity index (χ2v) is 8.94. The van der Waals surface area contributed by atoms with Crippen molar-refractivity contribution >= 4 is 11.6 Å². The molecule has 2 aliphatic rings. The van der Waals surface area contributed by atoms with Crippen LogP contribution in [0.15, 0.2) is 48.1 Å². The van der Waals surface area contributed by atoms with Crippen molar-refractivity contribution in [3.63, 3.8) is 0 Å². The number of hydrogen-bond acceptors (Lipinski definition) is 4. The van der Waals surface area contributed by atoms with Crippen LogP contribution in [0.2, 0.25) is 5.02 Å². The molecule has 29 heavy (non-hydrogen) atoms. The highest BCUT2D eigenvalue weighted by Crippen LogP contribution is 2.35. The zero-order chi connectivity index (χ0) is 20.8. The third-order valence-electron chi connectivity index (χ3n) is 6.27. The third-order valence-corrected chi connectivity index (χ3v) is 6.52. The van der Waals surface area contributed by atoms with Crippen molar-refractivity contribution in [2.75, 3.05) is 20.6 Å². The molecule has 1 aliphatic carbocycles. The summed E-state index contributed by atoms with van der Waals surface area (Å²) in [5, 5.41) is 7.96. The predicted molar refractivity (Wildman–Crippen MR) is 123 cm³/mol. The monoisotopic (exact) mass is 416 g/mol. The molecule has 0 aromatic heterocycles. The molecule has 1 fully saturated rings. The maximum Gasteiger partial charge on any atom is 0.129 e. The molecule has 0 bridgehead atoms. The van der Waals surface area contributed by atoms with Gasteiger partial charge in [-0.1, -0.05) is 69.3 Å². The molecule has 1 atom stereocenters. The van der Waals surface area contributed by atoms with Gasteiger partial charge in [-0.2, -0.15) is 0 Å². The van der Waals surface area contributed by atoms with E-state index in [1.807, 2.05) is 19.2 Å². The summed E-state index contributed by atoms with van der Waals surface area (Å²) in [5.74, 6) is 2.00. The van der Waals surface area contributed by atoms with E-state index < -0.39 is 0 Å². The van der Waals surface area contributed by atoms with Gasteiger partial charge in [0.25, 0.3) is 0 Å². The normalized spacial score (nSPS) is 20.0. The average molecular weight is 417 g/mol. The molecule has 160 valence electrons. The van der Waals surface area contributed by atoms with Crippen LogP contribution >= 0.6 is 11.6 Å². The van der Waals surface area contributed by atoms with Crippen molar-refractivity contribution in [2.24, 2.45) is 5.92 Å². The first-order chi connectivity index (χ1) is 14.0. The molecule has 1 aromatic rings. The third kappa shape index (κ3) is 5.42. The van der Waals surface area contributed by atoms with Gasteiger partial charge >= 0.3 is 0 Å². The Hall–Kier alpha value is -1.81. The molecule has 1 saturated carbocycles. The lowest BCUT2D eigenvalue weighted by molar-refractivity contribution is 0.189. The fourth-order valence-electron chi connectivity index (χ4n) is 4.67. The quantitative estimate of drug-likeness (QED) is 0.572. The van der Waals surface area contributed by atoms with E-state index in [1.165, 1.54) is 55.6 Å². The van der Waals surface area contributed by atoms with Crippen LogP contribution in [0.3, 0.4) is 0 Å². The lowest BCUT2D eigenvalue weighted by Crippen LogP contribution is -2.40. The van der Waals surface area contributed by atoms with Crippen LogP contribution < -0.4 is 10.6 Å². The van der Waals surface area contributed by atoms with E-state index in [1.54, 1.807) is 0 Å². The number of benzene rings is 1. The number of likely N-dealkylation sites (N-methyl/N-ethyl adjacent to an activating group) is 1. The van der Waals surface area contributed by atoms with Gasteiger partial charge in [-0.15, -0.1) is 0 Å². The Morgan fingerprint density at radius 2 is 1.93 bits per heavy atom. The minimum atomic E-state index is 0.295. The Balaban J connectivity index is 1.90. The average Bonchev–Trinajstić information content (AvgIpc) is 3.08. The summed E-state index contributed by atoms with van der Waals surface area (Å²) < 4.78 is 0. The molecule has 5 heteroatoms.